The molecule has 1 aromatic carbocycles. The second-order valence-corrected chi connectivity index (χ2v) is 4.49. The highest BCUT2D eigenvalue weighted by Crippen LogP contribution is 2.22. The lowest BCUT2D eigenvalue weighted by molar-refractivity contribution is 0.217. The van der Waals surface area contributed by atoms with Gasteiger partial charge in [0.15, 0.2) is 11.4 Å². The van der Waals surface area contributed by atoms with Gasteiger partial charge < -0.3 is 4.74 Å². The maximum Gasteiger partial charge on any atom is 0.183 e. The molecule has 1 N–H and O–H groups in total. The van der Waals surface area contributed by atoms with Crippen molar-refractivity contribution in [3.8, 4) is 11.9 Å². The standard InChI is InChI=1S/C13H17N3OS/c1-4-10(2)17-12-7-5-6-11(8-12)16-13(18-3)15-9-14/h5-8,10H,4H2,1-3H3,(H,15,16). The van der Waals surface area contributed by atoms with E-state index in [1.807, 2.05) is 43.6 Å². The number of rotatable bonds is 4. The van der Waals surface area contributed by atoms with Gasteiger partial charge in [0.05, 0.1) is 11.8 Å². The molecule has 0 spiro atoms. The van der Waals surface area contributed by atoms with Gasteiger partial charge in [-0.05, 0) is 31.7 Å². The molecule has 0 heterocycles. The molecule has 0 bridgehead atoms. The molecule has 0 fully saturated rings. The highest BCUT2D eigenvalue weighted by molar-refractivity contribution is 8.13. The van der Waals surface area contributed by atoms with Gasteiger partial charge in [-0.25, -0.2) is 4.99 Å². The van der Waals surface area contributed by atoms with Crippen molar-refractivity contribution in [3.05, 3.63) is 24.3 Å². The average Bonchev–Trinajstić information content (AvgIpc) is 2.38. The summed E-state index contributed by atoms with van der Waals surface area (Å²) in [4.78, 5) is 4.33. The molecular weight excluding hydrogens is 246 g/mol. The van der Waals surface area contributed by atoms with E-state index >= 15 is 0 Å². The van der Waals surface area contributed by atoms with Crippen LogP contribution in [0.3, 0.4) is 0 Å². The molecule has 1 atom stereocenters. The number of thioether (sulfide) groups is 1. The fourth-order valence-corrected chi connectivity index (χ4v) is 1.58. The van der Waals surface area contributed by atoms with E-state index in [4.69, 9.17) is 10.00 Å². The van der Waals surface area contributed by atoms with Crippen LogP contribution in [0, 0.1) is 11.5 Å². The SMILES string of the molecule is CCC(C)Oc1cccc(N=C(NC#N)SC)c1. The zero-order valence-electron chi connectivity index (χ0n) is 10.8. The molecule has 96 valence electrons. The van der Waals surface area contributed by atoms with Crippen molar-refractivity contribution < 1.29 is 4.74 Å². The Kier molecular flexibility index (Phi) is 6.09. The van der Waals surface area contributed by atoms with E-state index in [1.54, 1.807) is 0 Å². The lowest BCUT2D eigenvalue weighted by Gasteiger charge is -2.12. The van der Waals surface area contributed by atoms with E-state index in [9.17, 15) is 0 Å². The molecule has 0 aromatic heterocycles. The first kappa shape index (κ1) is 14.4. The van der Waals surface area contributed by atoms with Crippen LogP contribution in [-0.4, -0.2) is 17.5 Å². The first-order valence-corrected chi connectivity index (χ1v) is 6.96. The van der Waals surface area contributed by atoms with E-state index in [0.29, 0.717) is 5.17 Å². The second kappa shape index (κ2) is 7.62. The summed E-state index contributed by atoms with van der Waals surface area (Å²) in [6, 6.07) is 7.53. The Hall–Kier alpha value is -1.67. The van der Waals surface area contributed by atoms with Crippen LogP contribution in [0.15, 0.2) is 29.3 Å². The van der Waals surface area contributed by atoms with Gasteiger partial charge in [-0.3, -0.25) is 5.32 Å². The number of ether oxygens (including phenoxy) is 1. The highest BCUT2D eigenvalue weighted by Gasteiger charge is 2.02. The number of nitrogens with one attached hydrogen (secondary N) is 1. The summed E-state index contributed by atoms with van der Waals surface area (Å²) >= 11 is 1.39. The Bertz CT molecular complexity index is 454. The maximum absolute atomic E-state index is 8.57. The Morgan fingerprint density at radius 1 is 1.61 bits per heavy atom. The fourth-order valence-electron chi connectivity index (χ4n) is 1.23. The van der Waals surface area contributed by atoms with Crippen molar-refractivity contribution in [1.82, 2.24) is 5.32 Å². The van der Waals surface area contributed by atoms with Crippen LogP contribution in [0.4, 0.5) is 5.69 Å². The van der Waals surface area contributed by atoms with Gasteiger partial charge in [-0.2, -0.15) is 5.26 Å². The minimum absolute atomic E-state index is 0.182. The first-order valence-electron chi connectivity index (χ1n) is 5.74. The second-order valence-electron chi connectivity index (χ2n) is 3.69. The quantitative estimate of drug-likeness (QED) is 0.392. The van der Waals surface area contributed by atoms with E-state index in [1.165, 1.54) is 11.8 Å². The summed E-state index contributed by atoms with van der Waals surface area (Å²) in [6.45, 7) is 4.11. The van der Waals surface area contributed by atoms with Crippen molar-refractivity contribution in [2.45, 2.75) is 26.4 Å². The summed E-state index contributed by atoms with van der Waals surface area (Å²) in [6.07, 6.45) is 4.87. The molecule has 0 aliphatic rings. The van der Waals surface area contributed by atoms with Crippen molar-refractivity contribution in [2.24, 2.45) is 4.99 Å². The summed E-state index contributed by atoms with van der Waals surface area (Å²) in [5.74, 6) is 0.794. The molecule has 4 nitrogen and oxygen atoms in total. The van der Waals surface area contributed by atoms with Gasteiger partial charge in [-0.15, -0.1) is 0 Å². The van der Waals surface area contributed by atoms with E-state index in [-0.39, 0.29) is 6.10 Å². The number of hydrogen-bond acceptors (Lipinski definition) is 4. The van der Waals surface area contributed by atoms with Gasteiger partial charge in [0.2, 0.25) is 0 Å². The van der Waals surface area contributed by atoms with Crippen molar-refractivity contribution in [3.63, 3.8) is 0 Å². The topological polar surface area (TPSA) is 57.4 Å². The Labute approximate surface area is 112 Å². The summed E-state index contributed by atoms with van der Waals surface area (Å²) in [5, 5.41) is 11.7. The van der Waals surface area contributed by atoms with E-state index < -0.39 is 0 Å². The summed E-state index contributed by atoms with van der Waals surface area (Å²) in [5.41, 5.74) is 0.767. The minimum atomic E-state index is 0.182. The van der Waals surface area contributed by atoms with Crippen LogP contribution in [0.1, 0.15) is 20.3 Å². The normalized spacial score (nSPS) is 12.7. The van der Waals surface area contributed by atoms with Gasteiger partial charge in [0.1, 0.15) is 5.75 Å². The van der Waals surface area contributed by atoms with Crippen LogP contribution >= 0.6 is 11.8 Å². The smallest absolute Gasteiger partial charge is 0.183 e. The largest absolute Gasteiger partial charge is 0.491 e. The molecule has 0 radical (unpaired) electrons. The highest BCUT2D eigenvalue weighted by atomic mass is 32.2. The molecule has 5 heteroatoms. The monoisotopic (exact) mass is 263 g/mol. The number of nitrogens with zero attached hydrogens (tertiary/aromatic N) is 2. The van der Waals surface area contributed by atoms with Crippen molar-refractivity contribution >= 4 is 22.6 Å². The first-order chi connectivity index (χ1) is 8.69. The summed E-state index contributed by atoms with van der Waals surface area (Å²) in [7, 11) is 0. The molecule has 0 aliphatic heterocycles. The molecule has 0 saturated heterocycles. The van der Waals surface area contributed by atoms with Gasteiger partial charge in [-0.1, -0.05) is 24.8 Å². The van der Waals surface area contributed by atoms with Gasteiger partial charge >= 0.3 is 0 Å². The van der Waals surface area contributed by atoms with Crippen LogP contribution in [-0.2, 0) is 0 Å². The zero-order chi connectivity index (χ0) is 13.4. The van der Waals surface area contributed by atoms with Crippen molar-refractivity contribution in [2.75, 3.05) is 6.26 Å². The van der Waals surface area contributed by atoms with Gasteiger partial charge in [0, 0.05) is 6.07 Å². The Balaban J connectivity index is 2.84. The van der Waals surface area contributed by atoms with Crippen LogP contribution in [0.5, 0.6) is 5.75 Å². The zero-order valence-corrected chi connectivity index (χ0v) is 11.6. The fraction of sp³-hybridized carbons (Fsp3) is 0.385. The van der Waals surface area contributed by atoms with Crippen LogP contribution < -0.4 is 10.1 Å². The van der Waals surface area contributed by atoms with Crippen LogP contribution in [0.2, 0.25) is 0 Å². The lowest BCUT2D eigenvalue weighted by Crippen LogP contribution is -2.12. The molecule has 1 unspecified atom stereocenters. The van der Waals surface area contributed by atoms with Crippen molar-refractivity contribution in [1.29, 1.82) is 5.26 Å². The number of aliphatic imine (C=N–C) groups is 1. The van der Waals surface area contributed by atoms with Gasteiger partial charge in [0.25, 0.3) is 0 Å². The predicted octanol–water partition coefficient (Wildman–Crippen LogP) is 3.29. The molecular formula is C13H17N3OS. The average molecular weight is 263 g/mol. The minimum Gasteiger partial charge on any atom is -0.491 e. The molecule has 18 heavy (non-hydrogen) atoms. The molecule has 0 amide bonds. The number of nitriles is 1. The molecule has 1 aromatic rings. The third kappa shape index (κ3) is 4.68. The number of benzene rings is 1. The maximum atomic E-state index is 8.57. The van der Waals surface area contributed by atoms with E-state index in [0.717, 1.165) is 17.9 Å². The van der Waals surface area contributed by atoms with E-state index in [2.05, 4.69) is 17.2 Å². The predicted molar refractivity (Wildman–Crippen MR) is 76.2 cm³/mol. The molecule has 0 aliphatic carbocycles. The van der Waals surface area contributed by atoms with Crippen LogP contribution in [0.25, 0.3) is 0 Å². The molecule has 0 saturated carbocycles. The third-order valence-electron chi connectivity index (χ3n) is 2.32. The number of amidine groups is 1. The lowest BCUT2D eigenvalue weighted by atomic mass is 10.3. The number of hydrogen-bond donors (Lipinski definition) is 1. The Morgan fingerprint density at radius 2 is 2.39 bits per heavy atom. The molecule has 1 rings (SSSR count). The third-order valence-corrected chi connectivity index (χ3v) is 2.90. The Morgan fingerprint density at radius 3 is 3.00 bits per heavy atom. The summed E-state index contributed by atoms with van der Waals surface area (Å²) < 4.78 is 5.72.